The number of urea groups is 1. The van der Waals surface area contributed by atoms with E-state index in [9.17, 15) is 9.59 Å². The summed E-state index contributed by atoms with van der Waals surface area (Å²) in [6.07, 6.45) is 5.33. The molecule has 0 spiro atoms. The molecule has 1 atom stereocenters. The first-order valence-electron chi connectivity index (χ1n) is 8.87. The van der Waals surface area contributed by atoms with Gasteiger partial charge >= 0.3 is 6.03 Å². The van der Waals surface area contributed by atoms with Crippen LogP contribution in [0.3, 0.4) is 0 Å². The summed E-state index contributed by atoms with van der Waals surface area (Å²) < 4.78 is 0. The number of carbonyl (C=O) groups is 2. The molecule has 0 unspecified atom stereocenters. The number of hydrogen-bond acceptors (Lipinski definition) is 5. The minimum absolute atomic E-state index is 0.0101. The van der Waals surface area contributed by atoms with Crippen molar-refractivity contribution in [3.05, 3.63) is 18.5 Å². The van der Waals surface area contributed by atoms with E-state index in [0.717, 1.165) is 19.4 Å². The van der Waals surface area contributed by atoms with Crippen molar-refractivity contribution in [2.75, 3.05) is 38.0 Å². The number of aromatic nitrogens is 2. The van der Waals surface area contributed by atoms with Gasteiger partial charge in [-0.2, -0.15) is 0 Å². The highest BCUT2D eigenvalue weighted by Crippen LogP contribution is 2.15. The third-order valence-corrected chi connectivity index (χ3v) is 4.15. The predicted molar refractivity (Wildman–Crippen MR) is 96.1 cm³/mol. The average Bonchev–Trinajstić information content (AvgIpc) is 2.64. The van der Waals surface area contributed by atoms with E-state index in [0.29, 0.717) is 38.0 Å². The van der Waals surface area contributed by atoms with E-state index in [1.807, 2.05) is 18.7 Å². The van der Waals surface area contributed by atoms with E-state index in [1.165, 1.54) is 0 Å². The number of anilines is 1. The van der Waals surface area contributed by atoms with Crippen LogP contribution in [0.5, 0.6) is 0 Å². The first-order chi connectivity index (χ1) is 12.1. The van der Waals surface area contributed by atoms with Crippen LogP contribution in [0.15, 0.2) is 18.5 Å². The second-order valence-electron chi connectivity index (χ2n) is 6.59. The van der Waals surface area contributed by atoms with Crippen LogP contribution >= 0.6 is 0 Å². The summed E-state index contributed by atoms with van der Waals surface area (Å²) in [7, 11) is 0. The number of nitrogens with one attached hydrogen (secondary N) is 3. The van der Waals surface area contributed by atoms with Crippen LogP contribution in [-0.2, 0) is 4.79 Å². The van der Waals surface area contributed by atoms with Gasteiger partial charge in [-0.1, -0.05) is 13.8 Å². The number of piperidine rings is 1. The number of rotatable bonds is 7. The molecule has 25 heavy (non-hydrogen) atoms. The maximum Gasteiger partial charge on any atom is 0.317 e. The Morgan fingerprint density at radius 3 is 2.72 bits per heavy atom. The van der Waals surface area contributed by atoms with Crippen molar-refractivity contribution < 1.29 is 9.59 Å². The lowest BCUT2D eigenvalue weighted by molar-refractivity contribution is -0.124. The standard InChI is InChI=1S/C17H28N6O2/c1-13(2)15(24)22-11-14-5-3-10-23(12-14)17(25)21-9-8-20-16-18-6-4-7-19-16/h4,6-7,13-14H,3,5,8-12H2,1-2H3,(H,21,25)(H,22,24)(H,18,19,20)/t14-/m1/s1. The van der Waals surface area contributed by atoms with Crippen molar-refractivity contribution in [2.24, 2.45) is 11.8 Å². The van der Waals surface area contributed by atoms with E-state index in [4.69, 9.17) is 0 Å². The van der Waals surface area contributed by atoms with Crippen molar-refractivity contribution in [1.29, 1.82) is 0 Å². The number of hydrogen-bond donors (Lipinski definition) is 3. The third kappa shape index (κ3) is 6.56. The molecule has 1 aromatic heterocycles. The zero-order valence-corrected chi connectivity index (χ0v) is 15.0. The maximum absolute atomic E-state index is 12.3. The molecule has 8 nitrogen and oxygen atoms in total. The molecule has 1 fully saturated rings. The van der Waals surface area contributed by atoms with Crippen molar-refractivity contribution >= 4 is 17.9 Å². The molecule has 0 aromatic carbocycles. The second-order valence-corrected chi connectivity index (χ2v) is 6.59. The quantitative estimate of drug-likeness (QED) is 0.641. The van der Waals surface area contributed by atoms with Gasteiger partial charge in [-0.15, -0.1) is 0 Å². The Labute approximate surface area is 148 Å². The van der Waals surface area contributed by atoms with Gasteiger partial charge in [0.25, 0.3) is 0 Å². The lowest BCUT2D eigenvalue weighted by atomic mass is 9.98. The minimum Gasteiger partial charge on any atom is -0.356 e. The second kappa shape index (κ2) is 9.80. The summed E-state index contributed by atoms with van der Waals surface area (Å²) in [6.45, 7) is 6.90. The Morgan fingerprint density at radius 2 is 2.00 bits per heavy atom. The van der Waals surface area contributed by atoms with Gasteiger partial charge in [-0.3, -0.25) is 4.79 Å². The van der Waals surface area contributed by atoms with E-state index in [1.54, 1.807) is 18.5 Å². The van der Waals surface area contributed by atoms with Crippen molar-refractivity contribution in [3.8, 4) is 0 Å². The molecule has 8 heteroatoms. The highest BCUT2D eigenvalue weighted by molar-refractivity contribution is 5.77. The van der Waals surface area contributed by atoms with Crippen molar-refractivity contribution in [2.45, 2.75) is 26.7 Å². The highest BCUT2D eigenvalue weighted by Gasteiger charge is 2.24. The van der Waals surface area contributed by atoms with Crippen LogP contribution < -0.4 is 16.0 Å². The highest BCUT2D eigenvalue weighted by atomic mass is 16.2. The van der Waals surface area contributed by atoms with Gasteiger partial charge in [-0.05, 0) is 24.8 Å². The fraction of sp³-hybridized carbons (Fsp3) is 0.647. The Morgan fingerprint density at radius 1 is 1.24 bits per heavy atom. The summed E-state index contributed by atoms with van der Waals surface area (Å²) in [5, 5.41) is 8.92. The van der Waals surface area contributed by atoms with Gasteiger partial charge in [0, 0.05) is 51.0 Å². The summed E-state index contributed by atoms with van der Waals surface area (Å²) in [4.78, 5) is 33.9. The lowest BCUT2D eigenvalue weighted by Crippen LogP contribution is -2.48. The molecule has 1 aromatic rings. The van der Waals surface area contributed by atoms with Crippen LogP contribution in [0.2, 0.25) is 0 Å². The molecule has 3 N–H and O–H groups in total. The van der Waals surface area contributed by atoms with Gasteiger partial charge < -0.3 is 20.9 Å². The summed E-state index contributed by atoms with van der Waals surface area (Å²) in [6, 6.07) is 1.69. The Balaban J connectivity index is 1.66. The van der Waals surface area contributed by atoms with Crippen molar-refractivity contribution in [3.63, 3.8) is 0 Å². The number of nitrogens with zero attached hydrogens (tertiary/aromatic N) is 3. The van der Waals surface area contributed by atoms with E-state index in [2.05, 4.69) is 25.9 Å². The molecular formula is C17H28N6O2. The van der Waals surface area contributed by atoms with E-state index >= 15 is 0 Å². The van der Waals surface area contributed by atoms with Crippen LogP contribution in [-0.4, -0.2) is 59.5 Å². The van der Waals surface area contributed by atoms with Gasteiger partial charge in [0.15, 0.2) is 0 Å². The molecule has 138 valence electrons. The fourth-order valence-corrected chi connectivity index (χ4v) is 2.71. The van der Waals surface area contributed by atoms with Crippen LogP contribution in [0.25, 0.3) is 0 Å². The van der Waals surface area contributed by atoms with E-state index < -0.39 is 0 Å². The number of amides is 3. The topological polar surface area (TPSA) is 99.2 Å². The molecule has 3 amide bonds. The predicted octanol–water partition coefficient (Wildman–Crippen LogP) is 1.08. The summed E-state index contributed by atoms with van der Waals surface area (Å²) in [5.74, 6) is 0.925. The zero-order chi connectivity index (χ0) is 18.1. The molecular weight excluding hydrogens is 320 g/mol. The number of likely N-dealkylation sites (tertiary alicyclic amines) is 1. The fourth-order valence-electron chi connectivity index (χ4n) is 2.71. The lowest BCUT2D eigenvalue weighted by Gasteiger charge is -2.33. The molecule has 1 aliphatic rings. The molecule has 0 aliphatic carbocycles. The normalized spacial score (nSPS) is 17.2. The van der Waals surface area contributed by atoms with Gasteiger partial charge in [-0.25, -0.2) is 14.8 Å². The average molecular weight is 348 g/mol. The molecule has 1 aliphatic heterocycles. The Hall–Kier alpha value is -2.38. The third-order valence-electron chi connectivity index (χ3n) is 4.15. The van der Waals surface area contributed by atoms with Gasteiger partial charge in [0.1, 0.15) is 0 Å². The molecule has 0 saturated carbocycles. The molecule has 0 bridgehead atoms. The van der Waals surface area contributed by atoms with Gasteiger partial charge in [0.2, 0.25) is 11.9 Å². The largest absolute Gasteiger partial charge is 0.356 e. The molecule has 2 rings (SSSR count). The monoisotopic (exact) mass is 348 g/mol. The maximum atomic E-state index is 12.3. The van der Waals surface area contributed by atoms with Gasteiger partial charge in [0.05, 0.1) is 0 Å². The SMILES string of the molecule is CC(C)C(=O)NC[C@H]1CCCN(C(=O)NCCNc2ncccn2)C1. The minimum atomic E-state index is -0.0596. The van der Waals surface area contributed by atoms with Crippen LogP contribution in [0.1, 0.15) is 26.7 Å². The van der Waals surface area contributed by atoms with Crippen LogP contribution in [0, 0.1) is 11.8 Å². The van der Waals surface area contributed by atoms with E-state index in [-0.39, 0.29) is 17.9 Å². The smallest absolute Gasteiger partial charge is 0.317 e. The first-order valence-corrected chi connectivity index (χ1v) is 8.87. The summed E-state index contributed by atoms with van der Waals surface area (Å²) >= 11 is 0. The van der Waals surface area contributed by atoms with Crippen LogP contribution in [0.4, 0.5) is 10.7 Å². The first kappa shape index (κ1) is 19.0. The molecule has 0 radical (unpaired) electrons. The zero-order valence-electron chi connectivity index (χ0n) is 15.0. The van der Waals surface area contributed by atoms with Crippen molar-refractivity contribution in [1.82, 2.24) is 25.5 Å². The summed E-state index contributed by atoms with van der Waals surface area (Å²) in [5.41, 5.74) is 0. The molecule has 1 saturated heterocycles. The number of carbonyl (C=O) groups excluding carboxylic acids is 2. The molecule has 2 heterocycles. The Bertz CT molecular complexity index is 551. The Kier molecular flexibility index (Phi) is 7.43.